The van der Waals surface area contributed by atoms with Gasteiger partial charge in [-0.25, -0.2) is 5.43 Å². The molecule has 0 radical (unpaired) electrons. The molecule has 2 fully saturated rings. The molecule has 2 aliphatic heterocycles. The van der Waals surface area contributed by atoms with Crippen molar-refractivity contribution in [1.29, 1.82) is 0 Å². The van der Waals surface area contributed by atoms with E-state index in [1.165, 1.54) is 6.42 Å². The number of carbonyl (C=O) groups is 3. The lowest BCUT2D eigenvalue weighted by Gasteiger charge is -2.26. The summed E-state index contributed by atoms with van der Waals surface area (Å²) >= 11 is 1.59. The first-order valence-electron chi connectivity index (χ1n) is 13.5. The zero-order valence-electron chi connectivity index (χ0n) is 22.2. The van der Waals surface area contributed by atoms with Crippen LogP contribution in [0.4, 0.5) is 0 Å². The Hall–Kier alpha value is -4.11. The topological polar surface area (TPSA) is 91.3 Å². The fourth-order valence-corrected chi connectivity index (χ4v) is 5.93. The van der Waals surface area contributed by atoms with Crippen molar-refractivity contribution in [2.24, 2.45) is 5.10 Å². The number of carbonyl (C=O) groups excluding carboxylic acids is 3. The maximum atomic E-state index is 12.6. The Labute approximate surface area is 238 Å². The van der Waals surface area contributed by atoms with Gasteiger partial charge in [0.1, 0.15) is 11.1 Å². The van der Waals surface area contributed by atoms with E-state index in [0.29, 0.717) is 23.6 Å². The zero-order valence-corrected chi connectivity index (χ0v) is 23.0. The van der Waals surface area contributed by atoms with Gasteiger partial charge in [0.15, 0.2) is 6.61 Å². The molecule has 206 valence electrons. The van der Waals surface area contributed by atoms with Gasteiger partial charge in [-0.1, -0.05) is 42.5 Å². The quantitative estimate of drug-likeness (QED) is 0.307. The summed E-state index contributed by atoms with van der Waals surface area (Å²) in [6, 6.07) is 24.4. The molecule has 0 aliphatic carbocycles. The lowest BCUT2D eigenvalue weighted by atomic mass is 10.1. The second-order valence-electron chi connectivity index (χ2n) is 9.79. The second-order valence-corrected chi connectivity index (χ2v) is 10.9. The van der Waals surface area contributed by atoms with Crippen molar-refractivity contribution >= 4 is 35.7 Å². The number of thioether (sulfide) groups is 1. The molecule has 8 nitrogen and oxygen atoms in total. The Morgan fingerprint density at radius 2 is 1.68 bits per heavy atom. The summed E-state index contributed by atoms with van der Waals surface area (Å²) in [5.41, 5.74) is 5.88. The third kappa shape index (κ3) is 7.09. The lowest BCUT2D eigenvalue weighted by molar-refractivity contribution is -0.134. The van der Waals surface area contributed by atoms with Gasteiger partial charge in [-0.05, 0) is 72.4 Å². The molecule has 2 heterocycles. The Kier molecular flexibility index (Phi) is 9.13. The van der Waals surface area contributed by atoms with Gasteiger partial charge in [-0.15, -0.1) is 11.8 Å². The summed E-state index contributed by atoms with van der Waals surface area (Å²) in [7, 11) is 0. The van der Waals surface area contributed by atoms with Crippen molar-refractivity contribution in [2.45, 2.75) is 31.2 Å². The van der Waals surface area contributed by atoms with Crippen LogP contribution in [0, 0.1) is 0 Å². The van der Waals surface area contributed by atoms with Crippen LogP contribution in [0.25, 0.3) is 0 Å². The van der Waals surface area contributed by atoms with Crippen LogP contribution in [0.3, 0.4) is 0 Å². The Morgan fingerprint density at radius 1 is 0.950 bits per heavy atom. The van der Waals surface area contributed by atoms with Crippen LogP contribution in [-0.2, 0) is 16.1 Å². The maximum absolute atomic E-state index is 12.6. The van der Waals surface area contributed by atoms with Gasteiger partial charge in [-0.3, -0.25) is 14.4 Å². The third-order valence-corrected chi connectivity index (χ3v) is 8.21. The number of hydrazone groups is 1. The average molecular weight is 557 g/mol. The Bertz CT molecular complexity index is 1340. The second kappa shape index (κ2) is 13.3. The van der Waals surface area contributed by atoms with Crippen molar-refractivity contribution < 1.29 is 19.1 Å². The number of amides is 3. The summed E-state index contributed by atoms with van der Waals surface area (Å²) in [6.07, 6.45) is 4.84. The third-order valence-electron chi connectivity index (χ3n) is 6.95. The summed E-state index contributed by atoms with van der Waals surface area (Å²) in [4.78, 5) is 41.1. The summed E-state index contributed by atoms with van der Waals surface area (Å²) < 4.78 is 5.64. The number of hydrogen-bond acceptors (Lipinski definition) is 6. The van der Waals surface area contributed by atoms with Crippen molar-refractivity contribution in [3.05, 3.63) is 101 Å². The number of piperidine rings is 1. The molecular formula is C31H32N4O4S. The van der Waals surface area contributed by atoms with E-state index in [9.17, 15) is 14.4 Å². The number of likely N-dealkylation sites (tertiary alicyclic amines) is 1. The zero-order chi connectivity index (χ0) is 27.7. The van der Waals surface area contributed by atoms with Crippen molar-refractivity contribution in [3.8, 4) is 5.75 Å². The van der Waals surface area contributed by atoms with Crippen LogP contribution in [0.1, 0.15) is 51.7 Å². The molecule has 0 spiro atoms. The van der Waals surface area contributed by atoms with Crippen molar-refractivity contribution in [1.82, 2.24) is 15.2 Å². The SMILES string of the molecule is O=C(N/N=C\c1ccc(OCC(=O)N2CCCCC2)cc1)c1ccc([C@@H]2SCC(=O)N2Cc2ccccc2)cc1. The minimum absolute atomic E-state index is 0.0149. The maximum Gasteiger partial charge on any atom is 0.271 e. The van der Waals surface area contributed by atoms with Crippen LogP contribution in [0.15, 0.2) is 84.0 Å². The van der Waals surface area contributed by atoms with Gasteiger partial charge in [0.25, 0.3) is 11.8 Å². The number of nitrogens with zero attached hydrogens (tertiary/aromatic N) is 3. The van der Waals surface area contributed by atoms with E-state index in [0.717, 1.165) is 42.6 Å². The first-order chi connectivity index (χ1) is 19.6. The predicted octanol–water partition coefficient (Wildman–Crippen LogP) is 4.62. The number of hydrogen-bond donors (Lipinski definition) is 1. The van der Waals surface area contributed by atoms with Crippen LogP contribution in [-0.4, -0.2) is 59.2 Å². The van der Waals surface area contributed by atoms with Crippen LogP contribution >= 0.6 is 11.8 Å². The molecule has 5 rings (SSSR count). The summed E-state index contributed by atoms with van der Waals surface area (Å²) in [5.74, 6) is 0.853. The Balaban J connectivity index is 1.11. The monoisotopic (exact) mass is 556 g/mol. The molecule has 3 aromatic carbocycles. The van der Waals surface area contributed by atoms with Crippen molar-refractivity contribution in [2.75, 3.05) is 25.4 Å². The molecule has 9 heteroatoms. The number of rotatable bonds is 9. The lowest BCUT2D eigenvalue weighted by Crippen LogP contribution is -2.38. The molecule has 1 N–H and O–H groups in total. The van der Waals surface area contributed by atoms with Gasteiger partial charge in [0.2, 0.25) is 5.91 Å². The predicted molar refractivity (Wildman–Crippen MR) is 156 cm³/mol. The molecule has 0 bridgehead atoms. The van der Waals surface area contributed by atoms with E-state index in [2.05, 4.69) is 10.5 Å². The highest BCUT2D eigenvalue weighted by Crippen LogP contribution is 2.39. The molecule has 1 atom stereocenters. The van der Waals surface area contributed by atoms with Crippen LogP contribution in [0.2, 0.25) is 0 Å². The Morgan fingerprint density at radius 3 is 2.40 bits per heavy atom. The normalized spacial score (nSPS) is 17.3. The largest absolute Gasteiger partial charge is 0.484 e. The molecule has 0 saturated carbocycles. The first kappa shape index (κ1) is 27.5. The van der Waals surface area contributed by atoms with Gasteiger partial charge >= 0.3 is 0 Å². The van der Waals surface area contributed by atoms with E-state index in [1.54, 1.807) is 42.2 Å². The summed E-state index contributed by atoms with van der Waals surface area (Å²) in [6.45, 7) is 2.20. The highest BCUT2D eigenvalue weighted by Gasteiger charge is 2.32. The summed E-state index contributed by atoms with van der Waals surface area (Å²) in [5, 5.41) is 3.98. The van der Waals surface area contributed by atoms with Gasteiger partial charge < -0.3 is 14.5 Å². The fraction of sp³-hybridized carbons (Fsp3) is 0.290. The first-order valence-corrected chi connectivity index (χ1v) is 14.5. The van der Waals surface area contributed by atoms with E-state index in [1.807, 2.05) is 64.4 Å². The van der Waals surface area contributed by atoms with E-state index in [-0.39, 0.29) is 29.7 Å². The van der Waals surface area contributed by atoms with Crippen LogP contribution < -0.4 is 10.2 Å². The molecule has 3 aromatic rings. The molecule has 2 saturated heterocycles. The number of ether oxygens (including phenoxy) is 1. The standard InChI is InChI=1S/C31H32N4O4S/c36-28(34-17-5-2-6-18-34)21-39-27-15-9-23(10-16-27)19-32-33-30(38)25-11-13-26(14-12-25)31-35(29(37)22-40-31)20-24-7-3-1-4-8-24/h1,3-4,7-16,19,31H,2,5-6,17-18,20-22H2,(H,33,38)/b32-19-/t31-/m0/s1. The average Bonchev–Trinajstić information content (AvgIpc) is 3.37. The smallest absolute Gasteiger partial charge is 0.271 e. The number of benzene rings is 3. The minimum atomic E-state index is -0.324. The van der Waals surface area contributed by atoms with E-state index in [4.69, 9.17) is 4.74 Å². The minimum Gasteiger partial charge on any atom is -0.484 e. The highest BCUT2D eigenvalue weighted by molar-refractivity contribution is 8.00. The van der Waals surface area contributed by atoms with Crippen LogP contribution in [0.5, 0.6) is 5.75 Å². The number of nitrogens with one attached hydrogen (secondary N) is 1. The van der Waals surface area contributed by atoms with Gasteiger partial charge in [-0.2, -0.15) is 5.10 Å². The molecule has 0 unspecified atom stereocenters. The highest BCUT2D eigenvalue weighted by atomic mass is 32.2. The van der Waals surface area contributed by atoms with Crippen molar-refractivity contribution in [3.63, 3.8) is 0 Å². The molecular weight excluding hydrogens is 524 g/mol. The van der Waals surface area contributed by atoms with E-state index < -0.39 is 0 Å². The molecule has 2 aliphatic rings. The van der Waals surface area contributed by atoms with E-state index >= 15 is 0 Å². The molecule has 3 amide bonds. The molecule has 40 heavy (non-hydrogen) atoms. The molecule has 0 aromatic heterocycles. The van der Waals surface area contributed by atoms with Gasteiger partial charge in [0, 0.05) is 25.2 Å². The van der Waals surface area contributed by atoms with Gasteiger partial charge in [0.05, 0.1) is 12.0 Å². The fourth-order valence-electron chi connectivity index (χ4n) is 4.74.